The number of aryl methyl sites for hydroxylation is 1. The van der Waals surface area contributed by atoms with Crippen LogP contribution in [0.2, 0.25) is 0 Å². The molecule has 0 bridgehead atoms. The Kier molecular flexibility index (Phi) is 7.33. The number of thioether (sulfide) groups is 1. The predicted octanol–water partition coefficient (Wildman–Crippen LogP) is 7.87. The van der Waals surface area contributed by atoms with Gasteiger partial charge < -0.3 is 10.6 Å². The van der Waals surface area contributed by atoms with Crippen LogP contribution in [0.15, 0.2) is 126 Å². The predicted molar refractivity (Wildman–Crippen MR) is 153 cm³/mol. The third-order valence-electron chi connectivity index (χ3n) is 6.04. The van der Waals surface area contributed by atoms with E-state index in [2.05, 4.69) is 16.7 Å². The highest BCUT2D eigenvalue weighted by molar-refractivity contribution is 8.00. The average Bonchev–Trinajstić information content (AvgIpc) is 2.93. The fourth-order valence-electron chi connectivity index (χ4n) is 4.04. The lowest BCUT2D eigenvalue weighted by molar-refractivity contribution is -0.115. The Morgan fingerprint density at radius 3 is 2.03 bits per heavy atom. The Bertz CT molecular complexity index is 1530. The molecule has 182 valence electrons. The molecule has 5 heteroatoms. The van der Waals surface area contributed by atoms with Gasteiger partial charge in [-0.25, -0.2) is 0 Å². The van der Waals surface area contributed by atoms with E-state index in [9.17, 15) is 9.59 Å². The summed E-state index contributed by atoms with van der Waals surface area (Å²) in [5.74, 6) is -0.249. The van der Waals surface area contributed by atoms with Crippen molar-refractivity contribution in [2.45, 2.75) is 17.1 Å². The number of carbonyl (C=O) groups excluding carboxylic acids is 2. The van der Waals surface area contributed by atoms with Crippen LogP contribution in [0.1, 0.15) is 26.7 Å². The average molecular weight is 503 g/mol. The number of nitrogens with one attached hydrogen (secondary N) is 2. The number of hydrogen-bond acceptors (Lipinski definition) is 3. The number of amides is 2. The maximum Gasteiger partial charge on any atom is 0.255 e. The zero-order valence-corrected chi connectivity index (χ0v) is 21.2. The number of anilines is 2. The fraction of sp³-hybridized carbons (Fsp3) is 0.0625. The summed E-state index contributed by atoms with van der Waals surface area (Å²) in [6.45, 7) is 1.99. The Balaban J connectivity index is 1.31. The molecule has 0 heterocycles. The van der Waals surface area contributed by atoms with Crippen molar-refractivity contribution in [3.8, 4) is 0 Å². The molecule has 0 aliphatic rings. The van der Waals surface area contributed by atoms with Gasteiger partial charge in [0.25, 0.3) is 5.91 Å². The van der Waals surface area contributed by atoms with Gasteiger partial charge in [0.15, 0.2) is 0 Å². The summed E-state index contributed by atoms with van der Waals surface area (Å²) in [4.78, 5) is 26.9. The minimum absolute atomic E-state index is 0.0942. The lowest BCUT2D eigenvalue weighted by atomic mass is 10.1. The van der Waals surface area contributed by atoms with Crippen molar-refractivity contribution >= 4 is 45.7 Å². The first kappa shape index (κ1) is 24.3. The molecule has 0 spiro atoms. The second kappa shape index (κ2) is 11.1. The van der Waals surface area contributed by atoms with E-state index >= 15 is 0 Å². The Morgan fingerprint density at radius 1 is 0.649 bits per heavy atom. The molecule has 0 aliphatic heterocycles. The zero-order chi connectivity index (χ0) is 25.6. The third kappa shape index (κ3) is 6.08. The lowest BCUT2D eigenvalue weighted by Crippen LogP contribution is -2.19. The fourth-order valence-corrected chi connectivity index (χ4v) is 5.06. The van der Waals surface area contributed by atoms with E-state index < -0.39 is 5.25 Å². The topological polar surface area (TPSA) is 58.2 Å². The van der Waals surface area contributed by atoms with Gasteiger partial charge >= 0.3 is 0 Å². The van der Waals surface area contributed by atoms with Crippen molar-refractivity contribution in [2.24, 2.45) is 0 Å². The molecule has 0 aromatic heterocycles. The van der Waals surface area contributed by atoms with Crippen LogP contribution in [0.3, 0.4) is 0 Å². The second-order valence-corrected chi connectivity index (χ2v) is 9.98. The molecular weight excluding hydrogens is 476 g/mol. The first-order valence-corrected chi connectivity index (χ1v) is 12.9. The minimum Gasteiger partial charge on any atom is -0.325 e. The smallest absolute Gasteiger partial charge is 0.255 e. The first-order valence-electron chi connectivity index (χ1n) is 12.0. The van der Waals surface area contributed by atoms with Gasteiger partial charge in [0.1, 0.15) is 5.25 Å². The van der Waals surface area contributed by atoms with Crippen LogP contribution in [-0.4, -0.2) is 11.8 Å². The van der Waals surface area contributed by atoms with Gasteiger partial charge in [0.2, 0.25) is 5.91 Å². The summed E-state index contributed by atoms with van der Waals surface area (Å²) in [5, 5.41) is 7.79. The van der Waals surface area contributed by atoms with E-state index in [1.807, 2.05) is 122 Å². The molecule has 1 unspecified atom stereocenters. The number of hydrogen-bond donors (Lipinski definition) is 2. The highest BCUT2D eigenvalue weighted by Gasteiger charge is 2.22. The largest absolute Gasteiger partial charge is 0.325 e. The Hall–Kier alpha value is -4.35. The summed E-state index contributed by atoms with van der Waals surface area (Å²) in [6, 6.07) is 38.8. The van der Waals surface area contributed by atoms with Crippen molar-refractivity contribution < 1.29 is 9.59 Å². The summed E-state index contributed by atoms with van der Waals surface area (Å²) < 4.78 is 0. The van der Waals surface area contributed by atoms with Crippen LogP contribution >= 0.6 is 11.8 Å². The van der Waals surface area contributed by atoms with Gasteiger partial charge in [-0.3, -0.25) is 9.59 Å². The number of carbonyl (C=O) groups is 2. The highest BCUT2D eigenvalue weighted by Crippen LogP contribution is 2.37. The van der Waals surface area contributed by atoms with Crippen LogP contribution in [0, 0.1) is 6.92 Å². The lowest BCUT2D eigenvalue weighted by Gasteiger charge is -2.18. The third-order valence-corrected chi connectivity index (χ3v) is 7.30. The SMILES string of the molecule is Cc1ccc(C(=O)Nc2ccc(SC(C(=O)Nc3ccc4ccccc4c3)c3ccccc3)cc2)cc1. The quantitative estimate of drug-likeness (QED) is 0.223. The van der Waals surface area contributed by atoms with Gasteiger partial charge in [0.05, 0.1) is 0 Å². The molecule has 0 fully saturated rings. The molecule has 0 radical (unpaired) electrons. The van der Waals surface area contributed by atoms with E-state index in [0.29, 0.717) is 11.3 Å². The molecule has 1 atom stereocenters. The van der Waals surface area contributed by atoms with Crippen LogP contribution in [-0.2, 0) is 4.79 Å². The number of fused-ring (bicyclic) bond motifs is 1. The molecular formula is C32H26N2O2S. The van der Waals surface area contributed by atoms with Gasteiger partial charge in [-0.1, -0.05) is 78.4 Å². The van der Waals surface area contributed by atoms with Gasteiger partial charge in [0, 0.05) is 21.8 Å². The highest BCUT2D eigenvalue weighted by atomic mass is 32.2. The van der Waals surface area contributed by atoms with Gasteiger partial charge in [-0.05, 0) is 71.8 Å². The van der Waals surface area contributed by atoms with Crippen molar-refractivity contribution in [1.82, 2.24) is 0 Å². The van der Waals surface area contributed by atoms with E-state index in [0.717, 1.165) is 32.5 Å². The molecule has 4 nitrogen and oxygen atoms in total. The van der Waals surface area contributed by atoms with Crippen LogP contribution in [0.5, 0.6) is 0 Å². The van der Waals surface area contributed by atoms with E-state index in [1.54, 1.807) is 0 Å². The van der Waals surface area contributed by atoms with E-state index in [1.165, 1.54) is 11.8 Å². The van der Waals surface area contributed by atoms with Gasteiger partial charge in [-0.2, -0.15) is 0 Å². The monoisotopic (exact) mass is 502 g/mol. The second-order valence-electron chi connectivity index (χ2n) is 8.80. The van der Waals surface area contributed by atoms with E-state index in [4.69, 9.17) is 0 Å². The molecule has 0 saturated heterocycles. The van der Waals surface area contributed by atoms with Crippen molar-refractivity contribution in [3.05, 3.63) is 138 Å². The van der Waals surface area contributed by atoms with Crippen LogP contribution in [0.25, 0.3) is 10.8 Å². The minimum atomic E-state index is -0.444. The summed E-state index contributed by atoms with van der Waals surface area (Å²) >= 11 is 1.47. The molecule has 5 aromatic carbocycles. The molecule has 2 N–H and O–H groups in total. The molecule has 37 heavy (non-hydrogen) atoms. The van der Waals surface area contributed by atoms with Crippen LogP contribution < -0.4 is 10.6 Å². The molecule has 0 saturated carbocycles. The van der Waals surface area contributed by atoms with E-state index in [-0.39, 0.29) is 11.8 Å². The molecule has 0 aliphatic carbocycles. The Labute approximate surface area is 220 Å². The number of rotatable bonds is 7. The summed E-state index contributed by atoms with van der Waals surface area (Å²) in [7, 11) is 0. The standard InChI is InChI=1S/C32H26N2O2S/c1-22-11-13-25(14-12-22)31(35)33-27-17-19-29(20-18-27)37-30(24-8-3-2-4-9-24)32(36)34-28-16-15-23-7-5-6-10-26(23)21-28/h2-21,30H,1H3,(H,33,35)(H,34,36). The molecule has 2 amide bonds. The van der Waals surface area contributed by atoms with Crippen molar-refractivity contribution in [1.29, 1.82) is 0 Å². The van der Waals surface area contributed by atoms with Crippen molar-refractivity contribution in [3.63, 3.8) is 0 Å². The first-order chi connectivity index (χ1) is 18.0. The molecule has 5 rings (SSSR count). The van der Waals surface area contributed by atoms with Crippen LogP contribution in [0.4, 0.5) is 11.4 Å². The molecule has 5 aromatic rings. The zero-order valence-electron chi connectivity index (χ0n) is 20.3. The van der Waals surface area contributed by atoms with Crippen molar-refractivity contribution in [2.75, 3.05) is 10.6 Å². The summed E-state index contributed by atoms with van der Waals surface area (Å²) in [5.41, 5.74) is 4.10. The normalized spacial score (nSPS) is 11.6. The maximum absolute atomic E-state index is 13.5. The maximum atomic E-state index is 13.5. The number of benzene rings is 5. The summed E-state index contributed by atoms with van der Waals surface area (Å²) in [6.07, 6.45) is 0. The van der Waals surface area contributed by atoms with Gasteiger partial charge in [-0.15, -0.1) is 11.8 Å². The Morgan fingerprint density at radius 2 is 1.30 bits per heavy atom.